The molecular formula is C11H13BrN4. The number of hydrogen-bond acceptors (Lipinski definition) is 3. The summed E-state index contributed by atoms with van der Waals surface area (Å²) in [6.45, 7) is 1.45. The highest BCUT2D eigenvalue weighted by Crippen LogP contribution is 2.12. The van der Waals surface area contributed by atoms with Crippen LogP contribution in [0.15, 0.2) is 35.1 Å². The molecule has 0 unspecified atom stereocenters. The normalized spacial score (nSPS) is 10.6. The highest BCUT2D eigenvalue weighted by atomic mass is 79.9. The molecule has 0 spiro atoms. The third-order valence-corrected chi connectivity index (χ3v) is 2.65. The maximum atomic E-state index is 4.35. The van der Waals surface area contributed by atoms with Gasteiger partial charge in [0.2, 0.25) is 0 Å². The lowest BCUT2D eigenvalue weighted by atomic mass is 10.2. The SMILES string of the molecule is CNCc1ncn(Cc2cccc(Br)c2)n1. The van der Waals surface area contributed by atoms with Crippen LogP contribution in [0.3, 0.4) is 0 Å². The topological polar surface area (TPSA) is 42.7 Å². The van der Waals surface area contributed by atoms with E-state index >= 15 is 0 Å². The fourth-order valence-corrected chi connectivity index (χ4v) is 1.92. The lowest BCUT2D eigenvalue weighted by Crippen LogP contribution is -2.08. The Morgan fingerprint density at radius 2 is 2.31 bits per heavy atom. The van der Waals surface area contributed by atoms with Crippen molar-refractivity contribution < 1.29 is 0 Å². The molecule has 0 atom stereocenters. The third kappa shape index (κ3) is 2.90. The fraction of sp³-hybridized carbons (Fsp3) is 0.273. The van der Waals surface area contributed by atoms with Crippen LogP contribution in [0.4, 0.5) is 0 Å². The van der Waals surface area contributed by atoms with E-state index in [-0.39, 0.29) is 0 Å². The minimum absolute atomic E-state index is 0.700. The Balaban J connectivity index is 2.08. The van der Waals surface area contributed by atoms with Crippen LogP contribution < -0.4 is 5.32 Å². The number of halogens is 1. The van der Waals surface area contributed by atoms with Gasteiger partial charge in [0.15, 0.2) is 5.82 Å². The van der Waals surface area contributed by atoms with Gasteiger partial charge in [0.05, 0.1) is 13.1 Å². The molecule has 5 heteroatoms. The van der Waals surface area contributed by atoms with Gasteiger partial charge in [-0.15, -0.1) is 0 Å². The molecule has 2 rings (SSSR count). The van der Waals surface area contributed by atoms with Crippen molar-refractivity contribution in [1.29, 1.82) is 0 Å². The summed E-state index contributed by atoms with van der Waals surface area (Å²) in [6.07, 6.45) is 1.76. The average Bonchev–Trinajstić information content (AvgIpc) is 2.66. The van der Waals surface area contributed by atoms with Crippen molar-refractivity contribution in [3.05, 3.63) is 46.5 Å². The lowest BCUT2D eigenvalue weighted by molar-refractivity contribution is 0.658. The van der Waals surface area contributed by atoms with E-state index in [1.54, 1.807) is 6.33 Å². The Bertz CT molecular complexity index is 467. The van der Waals surface area contributed by atoms with E-state index in [9.17, 15) is 0 Å². The number of nitrogens with one attached hydrogen (secondary N) is 1. The molecule has 1 aromatic carbocycles. The smallest absolute Gasteiger partial charge is 0.164 e. The van der Waals surface area contributed by atoms with Crippen LogP contribution in [-0.2, 0) is 13.1 Å². The van der Waals surface area contributed by atoms with Crippen LogP contribution >= 0.6 is 15.9 Å². The van der Waals surface area contributed by atoms with E-state index in [1.165, 1.54) is 5.56 Å². The van der Waals surface area contributed by atoms with Crippen LogP contribution in [0.5, 0.6) is 0 Å². The molecule has 2 aromatic rings. The number of hydrogen-bond donors (Lipinski definition) is 1. The van der Waals surface area contributed by atoms with Gasteiger partial charge in [-0.3, -0.25) is 0 Å². The first-order chi connectivity index (χ1) is 7.78. The summed E-state index contributed by atoms with van der Waals surface area (Å²) in [4.78, 5) is 4.20. The zero-order valence-corrected chi connectivity index (χ0v) is 10.6. The van der Waals surface area contributed by atoms with E-state index < -0.39 is 0 Å². The Labute approximate surface area is 103 Å². The van der Waals surface area contributed by atoms with Crippen LogP contribution in [0.25, 0.3) is 0 Å². The quantitative estimate of drug-likeness (QED) is 0.929. The fourth-order valence-electron chi connectivity index (χ4n) is 1.47. The van der Waals surface area contributed by atoms with Gasteiger partial charge in [-0.1, -0.05) is 28.1 Å². The minimum atomic E-state index is 0.700. The molecule has 16 heavy (non-hydrogen) atoms. The van der Waals surface area contributed by atoms with Crippen molar-refractivity contribution in [3.8, 4) is 0 Å². The number of rotatable bonds is 4. The predicted octanol–water partition coefficient (Wildman–Crippen LogP) is 1.81. The second kappa shape index (κ2) is 5.23. The largest absolute Gasteiger partial charge is 0.313 e. The molecule has 1 N–H and O–H groups in total. The maximum Gasteiger partial charge on any atom is 0.164 e. The molecule has 0 aliphatic carbocycles. The highest BCUT2D eigenvalue weighted by molar-refractivity contribution is 9.10. The van der Waals surface area contributed by atoms with Crippen molar-refractivity contribution in [2.75, 3.05) is 7.05 Å². The van der Waals surface area contributed by atoms with E-state index in [2.05, 4.69) is 43.5 Å². The molecule has 0 fully saturated rings. The zero-order valence-electron chi connectivity index (χ0n) is 9.02. The monoisotopic (exact) mass is 280 g/mol. The molecule has 0 amide bonds. The summed E-state index contributed by atoms with van der Waals surface area (Å²) >= 11 is 3.45. The molecule has 0 saturated carbocycles. The molecule has 4 nitrogen and oxygen atoms in total. The van der Waals surface area contributed by atoms with Crippen LogP contribution in [0.1, 0.15) is 11.4 Å². The summed E-state index contributed by atoms with van der Waals surface area (Å²) in [5, 5.41) is 7.38. The molecule has 0 aliphatic heterocycles. The van der Waals surface area contributed by atoms with E-state index in [0.717, 1.165) is 16.8 Å². The first kappa shape index (κ1) is 11.3. The van der Waals surface area contributed by atoms with Gasteiger partial charge in [0, 0.05) is 4.47 Å². The van der Waals surface area contributed by atoms with Gasteiger partial charge in [-0.05, 0) is 24.7 Å². The number of benzene rings is 1. The highest BCUT2D eigenvalue weighted by Gasteiger charge is 2.00. The van der Waals surface area contributed by atoms with Crippen molar-refractivity contribution in [3.63, 3.8) is 0 Å². The van der Waals surface area contributed by atoms with Gasteiger partial charge in [0.1, 0.15) is 6.33 Å². The molecule has 0 saturated heterocycles. The second-order valence-electron chi connectivity index (χ2n) is 3.52. The molecule has 1 aromatic heterocycles. The minimum Gasteiger partial charge on any atom is -0.313 e. The molecule has 0 radical (unpaired) electrons. The van der Waals surface area contributed by atoms with Gasteiger partial charge in [-0.2, -0.15) is 5.10 Å². The van der Waals surface area contributed by atoms with Gasteiger partial charge in [-0.25, -0.2) is 9.67 Å². The summed E-state index contributed by atoms with van der Waals surface area (Å²) in [5.74, 6) is 0.817. The van der Waals surface area contributed by atoms with Gasteiger partial charge in [0.25, 0.3) is 0 Å². The predicted molar refractivity (Wildman–Crippen MR) is 66.0 cm³/mol. The molecular weight excluding hydrogens is 268 g/mol. The lowest BCUT2D eigenvalue weighted by Gasteiger charge is -2.01. The Hall–Kier alpha value is -1.20. The maximum absolute atomic E-state index is 4.35. The summed E-state index contributed by atoms with van der Waals surface area (Å²) in [7, 11) is 1.88. The van der Waals surface area contributed by atoms with Crippen molar-refractivity contribution in [2.24, 2.45) is 0 Å². The second-order valence-corrected chi connectivity index (χ2v) is 4.43. The molecule has 84 valence electrons. The first-order valence-corrected chi connectivity index (χ1v) is 5.84. The summed E-state index contributed by atoms with van der Waals surface area (Å²) in [5.41, 5.74) is 1.20. The summed E-state index contributed by atoms with van der Waals surface area (Å²) < 4.78 is 2.93. The van der Waals surface area contributed by atoms with Crippen molar-refractivity contribution >= 4 is 15.9 Å². The van der Waals surface area contributed by atoms with Crippen LogP contribution in [0.2, 0.25) is 0 Å². The van der Waals surface area contributed by atoms with E-state index in [4.69, 9.17) is 0 Å². The van der Waals surface area contributed by atoms with Crippen LogP contribution in [-0.4, -0.2) is 21.8 Å². The molecule has 1 heterocycles. The van der Waals surface area contributed by atoms with Crippen molar-refractivity contribution in [2.45, 2.75) is 13.1 Å². The molecule has 0 bridgehead atoms. The standard InChI is InChI=1S/C11H13BrN4/c1-13-6-11-14-8-16(15-11)7-9-3-2-4-10(12)5-9/h2-5,8,13H,6-7H2,1H3. The summed E-state index contributed by atoms with van der Waals surface area (Å²) in [6, 6.07) is 8.19. The third-order valence-electron chi connectivity index (χ3n) is 2.15. The van der Waals surface area contributed by atoms with Crippen LogP contribution in [0, 0.1) is 0 Å². The Morgan fingerprint density at radius 1 is 1.44 bits per heavy atom. The Kier molecular flexibility index (Phi) is 3.69. The van der Waals surface area contributed by atoms with Gasteiger partial charge >= 0.3 is 0 Å². The average molecular weight is 281 g/mol. The Morgan fingerprint density at radius 3 is 3.06 bits per heavy atom. The van der Waals surface area contributed by atoms with Crippen molar-refractivity contribution in [1.82, 2.24) is 20.1 Å². The van der Waals surface area contributed by atoms with E-state index in [1.807, 2.05) is 23.9 Å². The zero-order chi connectivity index (χ0) is 11.4. The first-order valence-electron chi connectivity index (χ1n) is 5.05. The van der Waals surface area contributed by atoms with E-state index in [0.29, 0.717) is 6.54 Å². The number of nitrogens with zero attached hydrogens (tertiary/aromatic N) is 3. The van der Waals surface area contributed by atoms with Gasteiger partial charge < -0.3 is 5.32 Å². The molecule has 0 aliphatic rings. The number of aromatic nitrogens is 3.